The van der Waals surface area contributed by atoms with E-state index in [-0.39, 0.29) is 0 Å². The molecule has 2 saturated carbocycles. The quantitative estimate of drug-likeness (QED) is 0.780. The molecule has 5 atom stereocenters. The van der Waals surface area contributed by atoms with Gasteiger partial charge in [0, 0.05) is 12.0 Å². The number of hydrogen-bond acceptors (Lipinski definition) is 2. The molecular formula is C14H24N2O. The molecule has 3 nitrogen and oxygen atoms in total. The Balaban J connectivity index is 1.52. The van der Waals surface area contributed by atoms with Gasteiger partial charge in [-0.1, -0.05) is 6.42 Å². The summed E-state index contributed by atoms with van der Waals surface area (Å²) >= 11 is 0. The Hall–Kier alpha value is -0.570. The number of carbonyl (C=O) groups is 1. The number of rotatable bonds is 3. The SMILES string of the molecule is CC(NC(=O)C1CC2CCC1C2)C1CCNC1. The molecule has 0 aromatic carbocycles. The van der Waals surface area contributed by atoms with Crippen LogP contribution in [0.4, 0.5) is 0 Å². The van der Waals surface area contributed by atoms with Gasteiger partial charge in [-0.25, -0.2) is 0 Å². The van der Waals surface area contributed by atoms with Crippen LogP contribution in [0.3, 0.4) is 0 Å². The maximum Gasteiger partial charge on any atom is 0.223 e. The average molecular weight is 236 g/mol. The van der Waals surface area contributed by atoms with Crippen LogP contribution in [0.2, 0.25) is 0 Å². The van der Waals surface area contributed by atoms with Crippen LogP contribution in [-0.2, 0) is 4.79 Å². The summed E-state index contributed by atoms with van der Waals surface area (Å²) in [4.78, 5) is 12.3. The molecule has 0 aromatic rings. The van der Waals surface area contributed by atoms with Gasteiger partial charge in [0.25, 0.3) is 0 Å². The van der Waals surface area contributed by atoms with E-state index >= 15 is 0 Å². The van der Waals surface area contributed by atoms with Crippen molar-refractivity contribution in [1.29, 1.82) is 0 Å². The fraction of sp³-hybridized carbons (Fsp3) is 0.929. The molecule has 1 heterocycles. The summed E-state index contributed by atoms with van der Waals surface area (Å²) in [6, 6.07) is 0.344. The highest BCUT2D eigenvalue weighted by Crippen LogP contribution is 2.48. The Morgan fingerprint density at radius 2 is 2.18 bits per heavy atom. The Morgan fingerprint density at radius 1 is 1.29 bits per heavy atom. The van der Waals surface area contributed by atoms with E-state index in [1.54, 1.807) is 0 Å². The van der Waals surface area contributed by atoms with E-state index < -0.39 is 0 Å². The third kappa shape index (κ3) is 2.22. The predicted octanol–water partition coefficient (Wildman–Crippen LogP) is 1.54. The molecule has 1 aliphatic heterocycles. The van der Waals surface area contributed by atoms with Crippen molar-refractivity contribution in [3.05, 3.63) is 0 Å². The normalized spacial score (nSPS) is 41.7. The van der Waals surface area contributed by atoms with Crippen LogP contribution in [0.25, 0.3) is 0 Å². The minimum Gasteiger partial charge on any atom is -0.353 e. The van der Waals surface area contributed by atoms with Gasteiger partial charge in [-0.3, -0.25) is 4.79 Å². The summed E-state index contributed by atoms with van der Waals surface area (Å²) in [7, 11) is 0. The van der Waals surface area contributed by atoms with Crippen molar-refractivity contribution in [2.24, 2.45) is 23.7 Å². The molecule has 5 unspecified atom stereocenters. The number of hydrogen-bond donors (Lipinski definition) is 2. The van der Waals surface area contributed by atoms with Gasteiger partial charge in [-0.05, 0) is 63.5 Å². The van der Waals surface area contributed by atoms with Crippen LogP contribution in [0.1, 0.15) is 39.0 Å². The van der Waals surface area contributed by atoms with Gasteiger partial charge in [0.05, 0.1) is 0 Å². The zero-order valence-electron chi connectivity index (χ0n) is 10.7. The van der Waals surface area contributed by atoms with Crippen LogP contribution >= 0.6 is 0 Å². The van der Waals surface area contributed by atoms with Gasteiger partial charge < -0.3 is 10.6 Å². The first-order valence-electron chi connectivity index (χ1n) is 7.25. The molecule has 2 aliphatic carbocycles. The van der Waals surface area contributed by atoms with E-state index in [9.17, 15) is 4.79 Å². The van der Waals surface area contributed by atoms with Gasteiger partial charge in [0.1, 0.15) is 0 Å². The molecule has 3 aliphatic rings. The lowest BCUT2D eigenvalue weighted by Crippen LogP contribution is -2.43. The Labute approximate surface area is 104 Å². The van der Waals surface area contributed by atoms with E-state index in [4.69, 9.17) is 0 Å². The van der Waals surface area contributed by atoms with Crippen LogP contribution in [0, 0.1) is 23.7 Å². The monoisotopic (exact) mass is 236 g/mol. The molecule has 3 heteroatoms. The van der Waals surface area contributed by atoms with Crippen molar-refractivity contribution in [3.63, 3.8) is 0 Å². The topological polar surface area (TPSA) is 41.1 Å². The highest BCUT2D eigenvalue weighted by molar-refractivity contribution is 5.79. The fourth-order valence-corrected chi connectivity index (χ4v) is 4.12. The van der Waals surface area contributed by atoms with E-state index in [1.807, 2.05) is 0 Å². The summed E-state index contributed by atoms with van der Waals surface area (Å²) in [6.07, 6.45) is 6.35. The second kappa shape index (κ2) is 4.60. The van der Waals surface area contributed by atoms with E-state index in [1.165, 1.54) is 25.7 Å². The third-order valence-corrected chi connectivity index (χ3v) is 5.25. The molecule has 1 saturated heterocycles. The third-order valence-electron chi connectivity index (χ3n) is 5.25. The molecule has 2 N–H and O–H groups in total. The molecule has 0 spiro atoms. The summed E-state index contributed by atoms with van der Waals surface area (Å²) in [6.45, 7) is 4.35. The van der Waals surface area contributed by atoms with Gasteiger partial charge in [-0.15, -0.1) is 0 Å². The van der Waals surface area contributed by atoms with Crippen molar-refractivity contribution >= 4 is 5.91 Å². The lowest BCUT2D eigenvalue weighted by Gasteiger charge is -2.25. The van der Waals surface area contributed by atoms with Crippen molar-refractivity contribution < 1.29 is 4.79 Å². The van der Waals surface area contributed by atoms with Gasteiger partial charge in [0.2, 0.25) is 5.91 Å². The lowest BCUT2D eigenvalue weighted by atomic mass is 9.87. The number of nitrogens with one attached hydrogen (secondary N) is 2. The first-order valence-corrected chi connectivity index (χ1v) is 7.25. The molecule has 0 aromatic heterocycles. The van der Waals surface area contributed by atoms with Gasteiger partial charge >= 0.3 is 0 Å². The smallest absolute Gasteiger partial charge is 0.223 e. The fourth-order valence-electron chi connectivity index (χ4n) is 4.12. The second-order valence-corrected chi connectivity index (χ2v) is 6.33. The summed E-state index contributed by atoms with van der Waals surface area (Å²) in [5, 5.41) is 6.64. The highest BCUT2D eigenvalue weighted by Gasteiger charge is 2.43. The van der Waals surface area contributed by atoms with E-state index in [0.717, 1.165) is 25.4 Å². The molecule has 3 rings (SSSR count). The van der Waals surface area contributed by atoms with Crippen LogP contribution in [0.15, 0.2) is 0 Å². The minimum atomic E-state index is 0.338. The van der Waals surface area contributed by atoms with Crippen molar-refractivity contribution in [1.82, 2.24) is 10.6 Å². The average Bonchev–Trinajstić information content (AvgIpc) is 3.05. The summed E-state index contributed by atoms with van der Waals surface area (Å²) < 4.78 is 0. The molecule has 17 heavy (non-hydrogen) atoms. The largest absolute Gasteiger partial charge is 0.353 e. The first-order chi connectivity index (χ1) is 8.24. The Morgan fingerprint density at radius 3 is 2.76 bits per heavy atom. The van der Waals surface area contributed by atoms with Crippen LogP contribution < -0.4 is 10.6 Å². The molecule has 3 fully saturated rings. The zero-order chi connectivity index (χ0) is 11.8. The van der Waals surface area contributed by atoms with E-state index in [2.05, 4.69) is 17.6 Å². The summed E-state index contributed by atoms with van der Waals surface area (Å²) in [5.41, 5.74) is 0. The molecule has 0 radical (unpaired) electrons. The highest BCUT2D eigenvalue weighted by atomic mass is 16.2. The van der Waals surface area contributed by atoms with Crippen LogP contribution in [0.5, 0.6) is 0 Å². The Kier molecular flexibility index (Phi) is 3.12. The van der Waals surface area contributed by atoms with E-state index in [0.29, 0.717) is 29.7 Å². The maximum absolute atomic E-state index is 12.3. The van der Waals surface area contributed by atoms with Crippen LogP contribution in [-0.4, -0.2) is 25.0 Å². The molecular weight excluding hydrogens is 212 g/mol. The predicted molar refractivity (Wildman–Crippen MR) is 67.5 cm³/mol. The second-order valence-electron chi connectivity index (χ2n) is 6.33. The molecule has 1 amide bonds. The van der Waals surface area contributed by atoms with Gasteiger partial charge in [0.15, 0.2) is 0 Å². The number of carbonyl (C=O) groups excluding carboxylic acids is 1. The lowest BCUT2D eigenvalue weighted by molar-refractivity contribution is -0.127. The molecule has 96 valence electrons. The molecule has 2 bridgehead atoms. The van der Waals surface area contributed by atoms with Crippen molar-refractivity contribution in [3.8, 4) is 0 Å². The number of fused-ring (bicyclic) bond motifs is 2. The minimum absolute atomic E-state index is 0.338. The van der Waals surface area contributed by atoms with Gasteiger partial charge in [-0.2, -0.15) is 0 Å². The number of amides is 1. The van der Waals surface area contributed by atoms with Crippen molar-refractivity contribution in [2.45, 2.75) is 45.1 Å². The first kappa shape index (κ1) is 11.5. The zero-order valence-corrected chi connectivity index (χ0v) is 10.7. The Bertz CT molecular complexity index is 299. The summed E-state index contributed by atoms with van der Waals surface area (Å²) in [5.74, 6) is 2.88. The van der Waals surface area contributed by atoms with Crippen molar-refractivity contribution in [2.75, 3.05) is 13.1 Å². The standard InChI is InChI=1S/C14H24N2O/c1-9(12-4-5-15-8-12)16-14(17)13-7-10-2-3-11(13)6-10/h9-13,15H,2-8H2,1H3,(H,16,17). The maximum atomic E-state index is 12.3.